The van der Waals surface area contributed by atoms with Gasteiger partial charge in [-0.05, 0) is 43.5 Å². The van der Waals surface area contributed by atoms with Gasteiger partial charge < -0.3 is 10.2 Å². The molecular formula is C15H20BrClN2O. The first-order chi connectivity index (χ1) is 9.13. The zero-order valence-corrected chi connectivity index (χ0v) is 14.0. The normalized spacial score (nSPS) is 23.0. The number of amides is 1. The Balaban J connectivity index is 0.00000147. The average molecular weight is 360 g/mol. The molecule has 1 saturated carbocycles. The van der Waals surface area contributed by atoms with Crippen molar-refractivity contribution in [2.45, 2.75) is 30.7 Å². The molecule has 0 radical (unpaired) electrons. The first-order valence-corrected chi connectivity index (χ1v) is 7.67. The van der Waals surface area contributed by atoms with Gasteiger partial charge in [-0.3, -0.25) is 4.79 Å². The molecule has 1 unspecified atom stereocenters. The van der Waals surface area contributed by atoms with E-state index in [4.69, 9.17) is 0 Å². The zero-order valence-electron chi connectivity index (χ0n) is 11.6. The lowest BCUT2D eigenvalue weighted by molar-refractivity contribution is -0.134. The van der Waals surface area contributed by atoms with Crippen molar-refractivity contribution in [3.05, 3.63) is 34.3 Å². The minimum Gasteiger partial charge on any atom is -0.341 e. The van der Waals surface area contributed by atoms with E-state index in [1.807, 2.05) is 24.1 Å². The fraction of sp³-hybridized carbons (Fsp3) is 0.533. The highest BCUT2D eigenvalue weighted by molar-refractivity contribution is 9.10. The molecule has 0 spiro atoms. The standard InChI is InChI=1S/C15H19BrN2O.ClH/c1-18(13-6-9-17-10-13)14(19)15(7-8-15)11-2-4-12(16)5-3-11;/h2-5,13,17H,6-10H2,1H3;1H. The first kappa shape index (κ1) is 15.8. The van der Waals surface area contributed by atoms with E-state index in [1.54, 1.807) is 0 Å². The molecule has 20 heavy (non-hydrogen) atoms. The molecule has 1 heterocycles. The predicted molar refractivity (Wildman–Crippen MR) is 86.3 cm³/mol. The first-order valence-electron chi connectivity index (χ1n) is 6.87. The van der Waals surface area contributed by atoms with Gasteiger partial charge in [0.1, 0.15) is 0 Å². The van der Waals surface area contributed by atoms with Crippen LogP contribution in [0.5, 0.6) is 0 Å². The van der Waals surface area contributed by atoms with Crippen molar-refractivity contribution in [3.8, 4) is 0 Å². The van der Waals surface area contributed by atoms with E-state index >= 15 is 0 Å². The molecule has 1 atom stereocenters. The number of likely N-dealkylation sites (N-methyl/N-ethyl adjacent to an activating group) is 1. The van der Waals surface area contributed by atoms with Crippen LogP contribution in [0.3, 0.4) is 0 Å². The summed E-state index contributed by atoms with van der Waals surface area (Å²) in [5, 5.41) is 3.33. The van der Waals surface area contributed by atoms with Gasteiger partial charge in [0.25, 0.3) is 0 Å². The lowest BCUT2D eigenvalue weighted by atomic mass is 9.94. The second-order valence-corrected chi connectivity index (χ2v) is 6.57. The molecule has 110 valence electrons. The number of hydrogen-bond donors (Lipinski definition) is 1. The van der Waals surface area contributed by atoms with Crippen LogP contribution in [-0.2, 0) is 10.2 Å². The van der Waals surface area contributed by atoms with Crippen molar-refractivity contribution in [1.82, 2.24) is 10.2 Å². The number of rotatable bonds is 3. The number of halogens is 2. The second-order valence-electron chi connectivity index (χ2n) is 5.65. The Bertz CT molecular complexity index is 481. The quantitative estimate of drug-likeness (QED) is 0.900. The van der Waals surface area contributed by atoms with Gasteiger partial charge in [0, 0.05) is 24.1 Å². The summed E-state index contributed by atoms with van der Waals surface area (Å²) >= 11 is 3.45. The van der Waals surface area contributed by atoms with Gasteiger partial charge in [0.2, 0.25) is 5.91 Å². The summed E-state index contributed by atoms with van der Waals surface area (Å²) in [4.78, 5) is 14.8. The second kappa shape index (κ2) is 6.04. The zero-order chi connectivity index (χ0) is 13.5. The Hall–Kier alpha value is -0.580. The van der Waals surface area contributed by atoms with Crippen molar-refractivity contribution in [3.63, 3.8) is 0 Å². The number of benzene rings is 1. The van der Waals surface area contributed by atoms with Gasteiger partial charge in [-0.1, -0.05) is 28.1 Å². The third-order valence-corrected chi connectivity index (χ3v) is 4.99. The molecule has 1 amide bonds. The summed E-state index contributed by atoms with van der Waals surface area (Å²) in [7, 11) is 1.96. The van der Waals surface area contributed by atoms with Crippen LogP contribution >= 0.6 is 28.3 Å². The summed E-state index contributed by atoms with van der Waals surface area (Å²) in [5.74, 6) is 0.295. The molecule has 1 aliphatic carbocycles. The maximum atomic E-state index is 12.8. The van der Waals surface area contributed by atoms with Crippen LogP contribution in [0.15, 0.2) is 28.7 Å². The maximum absolute atomic E-state index is 12.8. The van der Waals surface area contributed by atoms with Crippen molar-refractivity contribution in [2.24, 2.45) is 0 Å². The molecule has 3 nitrogen and oxygen atoms in total. The van der Waals surface area contributed by atoms with Crippen LogP contribution in [0.2, 0.25) is 0 Å². The van der Waals surface area contributed by atoms with Gasteiger partial charge in [-0.15, -0.1) is 12.4 Å². The predicted octanol–water partition coefficient (Wildman–Crippen LogP) is 2.72. The van der Waals surface area contributed by atoms with Gasteiger partial charge in [0.05, 0.1) is 5.41 Å². The minimum absolute atomic E-state index is 0. The Morgan fingerprint density at radius 1 is 1.35 bits per heavy atom. The Kier molecular flexibility index (Phi) is 4.77. The van der Waals surface area contributed by atoms with Crippen LogP contribution in [0.4, 0.5) is 0 Å². The Morgan fingerprint density at radius 2 is 2.00 bits per heavy atom. The van der Waals surface area contributed by atoms with E-state index in [0.29, 0.717) is 11.9 Å². The van der Waals surface area contributed by atoms with Crippen LogP contribution < -0.4 is 5.32 Å². The third kappa shape index (κ3) is 2.74. The van der Waals surface area contributed by atoms with Crippen molar-refractivity contribution in [2.75, 3.05) is 20.1 Å². The largest absolute Gasteiger partial charge is 0.341 e. The summed E-state index contributed by atoms with van der Waals surface area (Å²) < 4.78 is 1.06. The van der Waals surface area contributed by atoms with Crippen molar-refractivity contribution < 1.29 is 4.79 Å². The van der Waals surface area contributed by atoms with Crippen molar-refractivity contribution >= 4 is 34.2 Å². The molecule has 3 rings (SSSR count). The number of hydrogen-bond acceptors (Lipinski definition) is 2. The van der Waals surface area contributed by atoms with E-state index in [1.165, 1.54) is 5.56 Å². The fourth-order valence-electron chi connectivity index (χ4n) is 2.99. The number of nitrogens with zero attached hydrogens (tertiary/aromatic N) is 1. The Morgan fingerprint density at radius 3 is 2.50 bits per heavy atom. The molecule has 1 N–H and O–H groups in total. The van der Waals surface area contributed by atoms with E-state index in [2.05, 4.69) is 33.4 Å². The highest BCUT2D eigenvalue weighted by Gasteiger charge is 2.53. The van der Waals surface area contributed by atoms with E-state index in [-0.39, 0.29) is 17.8 Å². The fourth-order valence-corrected chi connectivity index (χ4v) is 3.26. The molecule has 1 aromatic carbocycles. The van der Waals surface area contributed by atoms with Gasteiger partial charge in [-0.25, -0.2) is 0 Å². The summed E-state index contributed by atoms with van der Waals surface area (Å²) in [6.45, 7) is 1.95. The van der Waals surface area contributed by atoms with Gasteiger partial charge in [-0.2, -0.15) is 0 Å². The Labute approximate surface area is 134 Å². The van der Waals surface area contributed by atoms with Crippen molar-refractivity contribution in [1.29, 1.82) is 0 Å². The monoisotopic (exact) mass is 358 g/mol. The molecule has 1 aromatic rings. The average Bonchev–Trinajstić information content (AvgIpc) is 3.05. The molecule has 1 saturated heterocycles. The van der Waals surface area contributed by atoms with Gasteiger partial charge >= 0.3 is 0 Å². The van der Waals surface area contributed by atoms with Crippen LogP contribution in [-0.4, -0.2) is 37.0 Å². The smallest absolute Gasteiger partial charge is 0.233 e. The lowest BCUT2D eigenvalue weighted by Crippen LogP contribution is -2.44. The van der Waals surface area contributed by atoms with Gasteiger partial charge in [0.15, 0.2) is 0 Å². The van der Waals surface area contributed by atoms with E-state index in [0.717, 1.165) is 36.8 Å². The summed E-state index contributed by atoms with van der Waals surface area (Å²) in [5.41, 5.74) is 0.927. The summed E-state index contributed by atoms with van der Waals surface area (Å²) in [6.07, 6.45) is 3.04. The molecule has 0 bridgehead atoms. The maximum Gasteiger partial charge on any atom is 0.233 e. The minimum atomic E-state index is -0.238. The molecule has 5 heteroatoms. The number of nitrogens with one attached hydrogen (secondary N) is 1. The molecule has 2 fully saturated rings. The molecular weight excluding hydrogens is 340 g/mol. The van der Waals surface area contributed by atoms with E-state index < -0.39 is 0 Å². The third-order valence-electron chi connectivity index (χ3n) is 4.46. The highest BCUT2D eigenvalue weighted by Crippen LogP contribution is 2.50. The molecule has 1 aliphatic heterocycles. The van der Waals surface area contributed by atoms with Crippen LogP contribution in [0.1, 0.15) is 24.8 Å². The van der Waals surface area contributed by atoms with E-state index in [9.17, 15) is 4.79 Å². The molecule has 0 aromatic heterocycles. The molecule has 2 aliphatic rings. The SMILES string of the molecule is CN(C(=O)C1(c2ccc(Br)cc2)CC1)C1CCNC1.Cl. The highest BCUT2D eigenvalue weighted by atomic mass is 79.9. The number of carbonyl (C=O) groups is 1. The topological polar surface area (TPSA) is 32.3 Å². The number of carbonyl (C=O) groups excluding carboxylic acids is 1. The summed E-state index contributed by atoms with van der Waals surface area (Å²) in [6, 6.07) is 8.57. The van der Waals surface area contributed by atoms with Crippen LogP contribution in [0, 0.1) is 0 Å². The van der Waals surface area contributed by atoms with Crippen LogP contribution in [0.25, 0.3) is 0 Å². The lowest BCUT2D eigenvalue weighted by Gasteiger charge is -2.28.